The van der Waals surface area contributed by atoms with Gasteiger partial charge in [-0.15, -0.1) is 0 Å². The average molecular weight is 455 g/mol. The minimum Gasteiger partial charge on any atom is -0.508 e. The van der Waals surface area contributed by atoms with Crippen LogP contribution in [0.25, 0.3) is 22.4 Å². The third kappa shape index (κ3) is 4.69. The summed E-state index contributed by atoms with van der Waals surface area (Å²) in [4.78, 5) is 4.62. The van der Waals surface area contributed by atoms with Gasteiger partial charge in [-0.05, 0) is 48.4 Å². The second kappa shape index (κ2) is 9.64. The Balaban J connectivity index is 1.85. The molecule has 1 aromatic heterocycles. The Labute approximate surface area is 197 Å². The lowest BCUT2D eigenvalue weighted by Crippen LogP contribution is -2.15. The molecule has 1 unspecified atom stereocenters. The van der Waals surface area contributed by atoms with Crippen LogP contribution in [0.4, 0.5) is 11.4 Å². The zero-order valence-electron chi connectivity index (χ0n) is 18.7. The van der Waals surface area contributed by atoms with Crippen molar-refractivity contribution >= 4 is 17.1 Å². The molecule has 172 valence electrons. The van der Waals surface area contributed by atoms with E-state index >= 15 is 0 Å². The zero-order valence-corrected chi connectivity index (χ0v) is 18.7. The molecule has 34 heavy (non-hydrogen) atoms. The van der Waals surface area contributed by atoms with E-state index < -0.39 is 0 Å². The van der Waals surface area contributed by atoms with Crippen molar-refractivity contribution in [2.75, 3.05) is 17.7 Å². The first-order valence-electron chi connectivity index (χ1n) is 10.8. The summed E-state index contributed by atoms with van der Waals surface area (Å²) < 4.78 is 0. The van der Waals surface area contributed by atoms with E-state index in [1.54, 1.807) is 25.3 Å². The number of aromatic hydroxyl groups is 2. The van der Waals surface area contributed by atoms with Crippen LogP contribution in [0.5, 0.6) is 11.5 Å². The Morgan fingerprint density at radius 3 is 2.44 bits per heavy atom. The lowest BCUT2D eigenvalue weighted by Gasteiger charge is -2.20. The fraction of sp³-hybridized carbons (Fsp3) is 0.111. The summed E-state index contributed by atoms with van der Waals surface area (Å²) in [6.07, 6.45) is 1.64. The summed E-state index contributed by atoms with van der Waals surface area (Å²) in [6.45, 7) is 1.56. The number of nitrogens with one attached hydrogen (secondary N) is 2. The van der Waals surface area contributed by atoms with Gasteiger partial charge in [-0.2, -0.15) is 0 Å². The number of anilines is 2. The highest BCUT2D eigenvalue weighted by Crippen LogP contribution is 2.39. The summed E-state index contributed by atoms with van der Waals surface area (Å²) in [5.41, 5.74) is 11.5. The third-order valence-electron chi connectivity index (χ3n) is 5.62. The monoisotopic (exact) mass is 454 g/mol. The summed E-state index contributed by atoms with van der Waals surface area (Å²) in [6, 6.07) is 20.9. The summed E-state index contributed by atoms with van der Waals surface area (Å²) in [5, 5.41) is 41.6. The van der Waals surface area contributed by atoms with Crippen LogP contribution in [0.3, 0.4) is 0 Å². The van der Waals surface area contributed by atoms with Crippen molar-refractivity contribution in [1.82, 2.24) is 4.98 Å². The SMILES string of the molecule is CC(=N)c1cc(-c2cc(NC(CO)c3ccccc3)cnc2-c2ccc(O)cc2O)ccc1N. The molecule has 0 amide bonds. The van der Waals surface area contributed by atoms with Crippen LogP contribution in [0.1, 0.15) is 24.1 Å². The number of nitrogen functional groups attached to an aromatic ring is 1. The topological polar surface area (TPSA) is 135 Å². The van der Waals surface area contributed by atoms with Crippen molar-refractivity contribution in [3.8, 4) is 33.9 Å². The van der Waals surface area contributed by atoms with Crippen LogP contribution in [0.15, 0.2) is 79.0 Å². The molecule has 0 saturated carbocycles. The van der Waals surface area contributed by atoms with Crippen LogP contribution >= 0.6 is 0 Å². The highest BCUT2D eigenvalue weighted by Gasteiger charge is 2.17. The predicted molar refractivity (Wildman–Crippen MR) is 135 cm³/mol. The van der Waals surface area contributed by atoms with Gasteiger partial charge in [-0.25, -0.2) is 0 Å². The first-order valence-corrected chi connectivity index (χ1v) is 10.8. The van der Waals surface area contributed by atoms with Gasteiger partial charge in [0.1, 0.15) is 11.5 Å². The Bertz CT molecular complexity index is 1340. The lowest BCUT2D eigenvalue weighted by atomic mass is 9.95. The molecule has 0 bridgehead atoms. The van der Waals surface area contributed by atoms with E-state index in [9.17, 15) is 15.3 Å². The van der Waals surface area contributed by atoms with Gasteiger partial charge < -0.3 is 31.8 Å². The van der Waals surface area contributed by atoms with Crippen molar-refractivity contribution in [2.45, 2.75) is 13.0 Å². The Morgan fingerprint density at radius 1 is 1.00 bits per heavy atom. The number of phenols is 2. The molecule has 3 aromatic carbocycles. The highest BCUT2D eigenvalue weighted by atomic mass is 16.3. The van der Waals surface area contributed by atoms with E-state index in [0.717, 1.165) is 11.1 Å². The number of benzene rings is 3. The fourth-order valence-corrected chi connectivity index (χ4v) is 3.87. The van der Waals surface area contributed by atoms with Crippen molar-refractivity contribution in [2.24, 2.45) is 0 Å². The van der Waals surface area contributed by atoms with Crippen LogP contribution in [-0.4, -0.2) is 32.6 Å². The number of aliphatic hydroxyl groups excluding tert-OH is 1. The first kappa shape index (κ1) is 22.8. The molecule has 0 aliphatic carbocycles. The van der Waals surface area contributed by atoms with E-state index in [2.05, 4.69) is 10.3 Å². The number of aliphatic hydroxyl groups is 1. The Kier molecular flexibility index (Phi) is 6.47. The van der Waals surface area contributed by atoms with Crippen molar-refractivity contribution in [3.05, 3.63) is 90.1 Å². The molecular formula is C27H26N4O3. The minimum absolute atomic E-state index is 0.0519. The molecule has 1 heterocycles. The second-order valence-electron chi connectivity index (χ2n) is 8.04. The molecule has 0 aliphatic heterocycles. The standard InChI is InChI=1S/C27H26N4O3/c1-16(28)22-11-18(7-10-24(22)29)23-12-19(31-25(15-32)17-5-3-2-4-6-17)14-30-27(23)21-9-8-20(33)13-26(21)34/h2-14,25,28,31-34H,15,29H2,1H3. The van der Waals surface area contributed by atoms with E-state index in [0.29, 0.717) is 39.5 Å². The van der Waals surface area contributed by atoms with E-state index in [-0.39, 0.29) is 24.1 Å². The number of phenolic OH excluding ortho intramolecular Hbond substituents is 2. The van der Waals surface area contributed by atoms with Crippen molar-refractivity contribution in [1.29, 1.82) is 5.41 Å². The van der Waals surface area contributed by atoms with E-state index in [4.69, 9.17) is 11.1 Å². The lowest BCUT2D eigenvalue weighted by molar-refractivity contribution is 0.276. The van der Waals surface area contributed by atoms with Gasteiger partial charge in [0.05, 0.1) is 30.2 Å². The van der Waals surface area contributed by atoms with E-state index in [1.165, 1.54) is 12.1 Å². The molecular weight excluding hydrogens is 428 g/mol. The van der Waals surface area contributed by atoms with Gasteiger partial charge in [-0.1, -0.05) is 36.4 Å². The van der Waals surface area contributed by atoms with Gasteiger partial charge in [0, 0.05) is 34.2 Å². The maximum atomic E-state index is 10.5. The summed E-state index contributed by atoms with van der Waals surface area (Å²) in [5.74, 6) is -0.158. The summed E-state index contributed by atoms with van der Waals surface area (Å²) in [7, 11) is 0. The van der Waals surface area contributed by atoms with Gasteiger partial charge >= 0.3 is 0 Å². The number of hydrogen-bond donors (Lipinski definition) is 6. The van der Waals surface area contributed by atoms with Crippen molar-refractivity contribution < 1.29 is 15.3 Å². The Hall–Kier alpha value is -4.36. The van der Waals surface area contributed by atoms with Crippen molar-refractivity contribution in [3.63, 3.8) is 0 Å². The summed E-state index contributed by atoms with van der Waals surface area (Å²) >= 11 is 0. The average Bonchev–Trinajstić information content (AvgIpc) is 2.83. The molecule has 7 heteroatoms. The molecule has 7 N–H and O–H groups in total. The van der Waals surface area contributed by atoms with Gasteiger partial charge in [0.25, 0.3) is 0 Å². The van der Waals surface area contributed by atoms with Crippen LogP contribution in [0, 0.1) is 5.41 Å². The maximum Gasteiger partial charge on any atom is 0.128 e. The molecule has 0 saturated heterocycles. The second-order valence-corrected chi connectivity index (χ2v) is 8.04. The van der Waals surface area contributed by atoms with Gasteiger partial charge in [0.2, 0.25) is 0 Å². The molecule has 0 spiro atoms. The quantitative estimate of drug-likeness (QED) is 0.173. The zero-order chi connectivity index (χ0) is 24.2. The molecule has 0 radical (unpaired) electrons. The minimum atomic E-state index is -0.338. The highest BCUT2D eigenvalue weighted by molar-refractivity contribution is 6.02. The first-order chi connectivity index (χ1) is 16.4. The number of hydrogen-bond acceptors (Lipinski definition) is 7. The largest absolute Gasteiger partial charge is 0.508 e. The molecule has 7 nitrogen and oxygen atoms in total. The Morgan fingerprint density at radius 2 is 1.76 bits per heavy atom. The smallest absolute Gasteiger partial charge is 0.128 e. The molecule has 0 aliphatic rings. The number of nitrogens with zero attached hydrogens (tertiary/aromatic N) is 1. The van der Waals surface area contributed by atoms with Crippen LogP contribution < -0.4 is 11.1 Å². The number of nitrogens with two attached hydrogens (primary N) is 1. The fourth-order valence-electron chi connectivity index (χ4n) is 3.87. The molecule has 0 fully saturated rings. The van der Waals surface area contributed by atoms with Crippen LogP contribution in [-0.2, 0) is 0 Å². The van der Waals surface area contributed by atoms with Gasteiger partial charge in [0.15, 0.2) is 0 Å². The number of rotatable bonds is 7. The molecule has 4 aromatic rings. The molecule has 1 atom stereocenters. The third-order valence-corrected chi connectivity index (χ3v) is 5.62. The molecule has 4 rings (SSSR count). The van der Waals surface area contributed by atoms with Crippen LogP contribution in [0.2, 0.25) is 0 Å². The van der Waals surface area contributed by atoms with Gasteiger partial charge in [-0.3, -0.25) is 4.98 Å². The van der Waals surface area contributed by atoms with E-state index in [1.807, 2.05) is 48.5 Å². The predicted octanol–water partition coefficient (Wildman–Crippen LogP) is 4.94. The normalized spacial score (nSPS) is 11.7. The maximum absolute atomic E-state index is 10.5. The number of pyridine rings is 1. The number of aromatic nitrogens is 1.